The lowest BCUT2D eigenvalue weighted by Crippen LogP contribution is -2.23. The van der Waals surface area contributed by atoms with Crippen molar-refractivity contribution < 1.29 is 14.3 Å². The standard InChI is InChI=1S/C17H17NO3/c1-11-8-13(18)6-7-15(11)17(19)20-10-14-9-12-4-2-3-5-16(12)21-14/h2-8,14H,9-10,18H2,1H3. The molecule has 3 rings (SSSR count). The van der Waals surface area contributed by atoms with Gasteiger partial charge >= 0.3 is 5.97 Å². The molecule has 108 valence electrons. The van der Waals surface area contributed by atoms with Crippen LogP contribution in [0.1, 0.15) is 21.5 Å². The number of carbonyl (C=O) groups excluding carboxylic acids is 1. The van der Waals surface area contributed by atoms with Gasteiger partial charge in [-0.1, -0.05) is 18.2 Å². The van der Waals surface area contributed by atoms with Crippen LogP contribution in [-0.2, 0) is 11.2 Å². The van der Waals surface area contributed by atoms with Gasteiger partial charge in [0.1, 0.15) is 18.5 Å². The van der Waals surface area contributed by atoms with E-state index in [1.807, 2.05) is 31.2 Å². The number of ether oxygens (including phenoxy) is 2. The Balaban J connectivity index is 1.60. The van der Waals surface area contributed by atoms with Crippen LogP contribution in [0.4, 0.5) is 5.69 Å². The van der Waals surface area contributed by atoms with Gasteiger partial charge in [0.25, 0.3) is 0 Å². The van der Waals surface area contributed by atoms with E-state index in [1.54, 1.807) is 18.2 Å². The SMILES string of the molecule is Cc1cc(N)ccc1C(=O)OCC1Cc2ccccc2O1. The smallest absolute Gasteiger partial charge is 0.338 e. The highest BCUT2D eigenvalue weighted by atomic mass is 16.6. The molecule has 0 radical (unpaired) electrons. The van der Waals surface area contributed by atoms with E-state index in [0.29, 0.717) is 11.3 Å². The van der Waals surface area contributed by atoms with Crippen LogP contribution in [0.25, 0.3) is 0 Å². The first-order valence-electron chi connectivity index (χ1n) is 6.91. The quantitative estimate of drug-likeness (QED) is 0.695. The zero-order valence-corrected chi connectivity index (χ0v) is 11.8. The van der Waals surface area contributed by atoms with Gasteiger partial charge in [0, 0.05) is 12.1 Å². The molecule has 0 saturated heterocycles. The lowest BCUT2D eigenvalue weighted by atomic mass is 10.1. The molecule has 2 aromatic carbocycles. The molecule has 0 saturated carbocycles. The molecule has 0 spiro atoms. The van der Waals surface area contributed by atoms with Crippen molar-refractivity contribution in [1.82, 2.24) is 0 Å². The maximum absolute atomic E-state index is 12.1. The maximum Gasteiger partial charge on any atom is 0.338 e. The fourth-order valence-corrected chi connectivity index (χ4v) is 2.51. The summed E-state index contributed by atoms with van der Waals surface area (Å²) in [6, 6.07) is 13.0. The third kappa shape index (κ3) is 2.84. The number of fused-ring (bicyclic) bond motifs is 1. The number of nitrogen functional groups attached to an aromatic ring is 1. The van der Waals surface area contributed by atoms with Gasteiger partial charge in [0.2, 0.25) is 0 Å². The Kier molecular flexibility index (Phi) is 3.52. The van der Waals surface area contributed by atoms with Gasteiger partial charge in [-0.15, -0.1) is 0 Å². The van der Waals surface area contributed by atoms with E-state index in [2.05, 4.69) is 0 Å². The van der Waals surface area contributed by atoms with Crippen molar-refractivity contribution in [2.24, 2.45) is 0 Å². The predicted octanol–water partition coefficient (Wildman–Crippen LogP) is 2.74. The topological polar surface area (TPSA) is 61.6 Å². The monoisotopic (exact) mass is 283 g/mol. The van der Waals surface area contributed by atoms with E-state index in [9.17, 15) is 4.79 Å². The summed E-state index contributed by atoms with van der Waals surface area (Å²) in [6.07, 6.45) is 0.657. The van der Waals surface area contributed by atoms with E-state index in [1.165, 1.54) is 0 Å². The summed E-state index contributed by atoms with van der Waals surface area (Å²) in [5, 5.41) is 0. The van der Waals surface area contributed by atoms with E-state index in [4.69, 9.17) is 15.2 Å². The van der Waals surface area contributed by atoms with Gasteiger partial charge < -0.3 is 15.2 Å². The van der Waals surface area contributed by atoms with Crippen LogP contribution in [0.3, 0.4) is 0 Å². The lowest BCUT2D eigenvalue weighted by molar-refractivity contribution is 0.0346. The van der Waals surface area contributed by atoms with E-state index in [-0.39, 0.29) is 18.7 Å². The van der Waals surface area contributed by atoms with Gasteiger partial charge in [0.15, 0.2) is 0 Å². The molecule has 2 N–H and O–H groups in total. The number of anilines is 1. The van der Waals surface area contributed by atoms with Crippen molar-refractivity contribution >= 4 is 11.7 Å². The van der Waals surface area contributed by atoms with Gasteiger partial charge in [-0.05, 0) is 42.3 Å². The van der Waals surface area contributed by atoms with E-state index < -0.39 is 0 Å². The molecule has 0 amide bonds. The van der Waals surface area contributed by atoms with Crippen molar-refractivity contribution in [2.75, 3.05) is 12.3 Å². The molecule has 4 heteroatoms. The lowest BCUT2D eigenvalue weighted by Gasteiger charge is -2.12. The Labute approximate surface area is 123 Å². The summed E-state index contributed by atoms with van der Waals surface area (Å²) < 4.78 is 11.1. The molecule has 0 fully saturated rings. The fourth-order valence-electron chi connectivity index (χ4n) is 2.51. The third-order valence-corrected chi connectivity index (χ3v) is 3.58. The van der Waals surface area contributed by atoms with Crippen molar-refractivity contribution in [3.63, 3.8) is 0 Å². The second-order valence-electron chi connectivity index (χ2n) is 5.22. The number of hydrogen-bond acceptors (Lipinski definition) is 4. The Morgan fingerprint density at radius 2 is 2.14 bits per heavy atom. The van der Waals surface area contributed by atoms with Gasteiger partial charge in [-0.2, -0.15) is 0 Å². The van der Waals surface area contributed by atoms with Crippen LogP contribution >= 0.6 is 0 Å². The number of esters is 1. The highest BCUT2D eigenvalue weighted by Crippen LogP contribution is 2.28. The number of para-hydroxylation sites is 1. The molecule has 0 aliphatic carbocycles. The third-order valence-electron chi connectivity index (χ3n) is 3.58. The first kappa shape index (κ1) is 13.5. The van der Waals surface area contributed by atoms with Gasteiger partial charge in [0.05, 0.1) is 5.56 Å². The number of carbonyl (C=O) groups is 1. The molecule has 1 atom stereocenters. The number of hydrogen-bond donors (Lipinski definition) is 1. The van der Waals surface area contributed by atoms with Crippen molar-refractivity contribution in [2.45, 2.75) is 19.4 Å². The Morgan fingerprint density at radius 3 is 2.90 bits per heavy atom. The zero-order valence-electron chi connectivity index (χ0n) is 11.8. The summed E-state index contributed by atoms with van der Waals surface area (Å²) >= 11 is 0. The molecule has 2 aromatic rings. The van der Waals surface area contributed by atoms with Crippen molar-refractivity contribution in [1.29, 1.82) is 0 Å². The largest absolute Gasteiger partial charge is 0.486 e. The van der Waals surface area contributed by atoms with Crippen LogP contribution in [0, 0.1) is 6.92 Å². The summed E-state index contributed by atoms with van der Waals surface area (Å²) in [5.74, 6) is 0.536. The number of nitrogens with two attached hydrogens (primary N) is 1. The van der Waals surface area contributed by atoms with E-state index >= 15 is 0 Å². The molecule has 21 heavy (non-hydrogen) atoms. The van der Waals surface area contributed by atoms with Crippen LogP contribution < -0.4 is 10.5 Å². The van der Waals surface area contributed by atoms with Crippen LogP contribution in [0.2, 0.25) is 0 Å². The van der Waals surface area contributed by atoms with Crippen LogP contribution in [0.5, 0.6) is 5.75 Å². The molecular formula is C17H17NO3. The highest BCUT2D eigenvalue weighted by Gasteiger charge is 2.24. The Morgan fingerprint density at radius 1 is 1.33 bits per heavy atom. The number of rotatable bonds is 3. The van der Waals surface area contributed by atoms with Crippen LogP contribution in [-0.4, -0.2) is 18.7 Å². The number of benzene rings is 2. The summed E-state index contributed by atoms with van der Waals surface area (Å²) in [4.78, 5) is 12.1. The van der Waals surface area contributed by atoms with Crippen LogP contribution in [0.15, 0.2) is 42.5 Å². The Hall–Kier alpha value is -2.49. The first-order valence-corrected chi connectivity index (χ1v) is 6.91. The molecule has 0 aromatic heterocycles. The predicted molar refractivity (Wildman–Crippen MR) is 80.4 cm³/mol. The first-order chi connectivity index (χ1) is 10.1. The van der Waals surface area contributed by atoms with E-state index in [0.717, 1.165) is 23.3 Å². The second kappa shape index (κ2) is 5.48. The molecule has 1 aliphatic heterocycles. The summed E-state index contributed by atoms with van der Waals surface area (Å²) in [7, 11) is 0. The fraction of sp³-hybridized carbons (Fsp3) is 0.235. The minimum absolute atomic E-state index is 0.111. The molecule has 4 nitrogen and oxygen atoms in total. The van der Waals surface area contributed by atoms with Crippen molar-refractivity contribution in [3.8, 4) is 5.75 Å². The maximum atomic E-state index is 12.1. The average molecular weight is 283 g/mol. The molecular weight excluding hydrogens is 266 g/mol. The highest BCUT2D eigenvalue weighted by molar-refractivity contribution is 5.91. The van der Waals surface area contributed by atoms with Crippen molar-refractivity contribution in [3.05, 3.63) is 59.2 Å². The Bertz CT molecular complexity index is 656. The number of aryl methyl sites for hydroxylation is 1. The summed E-state index contributed by atoms with van der Waals surface area (Å²) in [5.41, 5.74) is 8.83. The molecule has 1 aliphatic rings. The summed E-state index contributed by atoms with van der Waals surface area (Å²) in [6.45, 7) is 2.09. The normalized spacial score (nSPS) is 16.1. The minimum Gasteiger partial charge on any atom is -0.486 e. The zero-order chi connectivity index (χ0) is 14.8. The van der Waals surface area contributed by atoms with Gasteiger partial charge in [-0.3, -0.25) is 0 Å². The molecule has 0 bridgehead atoms. The average Bonchev–Trinajstić information content (AvgIpc) is 2.87. The second-order valence-corrected chi connectivity index (χ2v) is 5.22. The minimum atomic E-state index is -0.341. The molecule has 1 heterocycles. The molecule has 1 unspecified atom stereocenters. The van der Waals surface area contributed by atoms with Gasteiger partial charge in [-0.25, -0.2) is 4.79 Å².